The van der Waals surface area contributed by atoms with Crippen LogP contribution in [-0.2, 0) is 4.79 Å². The third kappa shape index (κ3) is 3.01. The summed E-state index contributed by atoms with van der Waals surface area (Å²) in [5, 5.41) is 0. The van der Waals surface area contributed by atoms with E-state index < -0.39 is 0 Å². The van der Waals surface area contributed by atoms with Crippen molar-refractivity contribution in [1.82, 2.24) is 4.90 Å². The predicted molar refractivity (Wildman–Crippen MR) is 69.5 cm³/mol. The molecular weight excluding hydrogens is 212 g/mol. The Labute approximate surface area is 105 Å². The first-order valence-electron chi connectivity index (χ1n) is 7.22. The van der Waals surface area contributed by atoms with Crippen molar-refractivity contribution in [2.24, 2.45) is 17.6 Å². The van der Waals surface area contributed by atoms with Gasteiger partial charge in [-0.2, -0.15) is 0 Å². The number of hydrogen-bond donors (Lipinski definition) is 1. The standard InChI is InChI=1S/C14H26N2O/c1-11-9-13(12-5-3-2-4-6-12)10-16(11)14(17)7-8-15/h11-13H,2-10,15H2,1H3. The van der Waals surface area contributed by atoms with E-state index in [0.717, 1.165) is 18.4 Å². The molecule has 2 atom stereocenters. The molecule has 2 unspecified atom stereocenters. The summed E-state index contributed by atoms with van der Waals surface area (Å²) >= 11 is 0. The molecule has 1 heterocycles. The minimum atomic E-state index is 0.262. The van der Waals surface area contributed by atoms with Gasteiger partial charge < -0.3 is 10.6 Å². The smallest absolute Gasteiger partial charge is 0.224 e. The van der Waals surface area contributed by atoms with E-state index in [9.17, 15) is 4.79 Å². The van der Waals surface area contributed by atoms with E-state index in [1.165, 1.54) is 38.5 Å². The monoisotopic (exact) mass is 238 g/mol. The molecule has 3 nitrogen and oxygen atoms in total. The van der Waals surface area contributed by atoms with Crippen LogP contribution < -0.4 is 5.73 Å². The molecule has 1 saturated carbocycles. The average Bonchev–Trinajstić information content (AvgIpc) is 2.73. The molecule has 0 aromatic carbocycles. The summed E-state index contributed by atoms with van der Waals surface area (Å²) in [5.41, 5.74) is 5.47. The highest BCUT2D eigenvalue weighted by Crippen LogP contribution is 2.37. The van der Waals surface area contributed by atoms with Gasteiger partial charge in [-0.15, -0.1) is 0 Å². The van der Waals surface area contributed by atoms with Gasteiger partial charge >= 0.3 is 0 Å². The van der Waals surface area contributed by atoms with E-state index in [-0.39, 0.29) is 5.91 Å². The van der Waals surface area contributed by atoms with Crippen LogP contribution in [0.15, 0.2) is 0 Å². The summed E-state index contributed by atoms with van der Waals surface area (Å²) < 4.78 is 0. The van der Waals surface area contributed by atoms with E-state index in [1.54, 1.807) is 0 Å². The number of carbonyl (C=O) groups excluding carboxylic acids is 1. The van der Waals surface area contributed by atoms with Gasteiger partial charge in [0, 0.05) is 25.6 Å². The van der Waals surface area contributed by atoms with E-state index in [4.69, 9.17) is 5.73 Å². The number of rotatable bonds is 3. The zero-order chi connectivity index (χ0) is 12.3. The molecule has 2 aliphatic rings. The number of carbonyl (C=O) groups is 1. The minimum Gasteiger partial charge on any atom is -0.340 e. The van der Waals surface area contributed by atoms with E-state index >= 15 is 0 Å². The molecule has 2 rings (SSSR count). The largest absolute Gasteiger partial charge is 0.340 e. The molecule has 98 valence electrons. The number of hydrogen-bond acceptors (Lipinski definition) is 2. The Balaban J connectivity index is 1.89. The van der Waals surface area contributed by atoms with Crippen LogP contribution in [-0.4, -0.2) is 29.9 Å². The maximum absolute atomic E-state index is 11.9. The lowest BCUT2D eigenvalue weighted by Gasteiger charge is -2.27. The normalized spacial score (nSPS) is 30.8. The Hall–Kier alpha value is -0.570. The summed E-state index contributed by atoms with van der Waals surface area (Å²) in [5.74, 6) is 1.90. The third-order valence-corrected chi connectivity index (χ3v) is 4.60. The van der Waals surface area contributed by atoms with Gasteiger partial charge in [0.15, 0.2) is 0 Å². The number of amides is 1. The summed E-state index contributed by atoms with van der Waals surface area (Å²) in [6, 6.07) is 0.431. The van der Waals surface area contributed by atoms with Crippen LogP contribution in [0.4, 0.5) is 0 Å². The highest BCUT2D eigenvalue weighted by atomic mass is 16.2. The topological polar surface area (TPSA) is 46.3 Å². The fraction of sp³-hybridized carbons (Fsp3) is 0.929. The molecule has 0 spiro atoms. The summed E-state index contributed by atoms with van der Waals surface area (Å²) in [7, 11) is 0. The van der Waals surface area contributed by atoms with Crippen LogP contribution in [0.1, 0.15) is 51.9 Å². The summed E-state index contributed by atoms with van der Waals surface area (Å²) in [6.45, 7) is 3.66. The number of nitrogens with zero attached hydrogens (tertiary/aromatic N) is 1. The first kappa shape index (κ1) is 12.9. The fourth-order valence-corrected chi connectivity index (χ4v) is 3.63. The molecule has 0 bridgehead atoms. The zero-order valence-electron chi connectivity index (χ0n) is 11.0. The molecule has 0 aromatic heterocycles. The van der Waals surface area contributed by atoms with Crippen LogP contribution in [0.5, 0.6) is 0 Å². The first-order chi connectivity index (χ1) is 8.22. The van der Waals surface area contributed by atoms with Crippen LogP contribution >= 0.6 is 0 Å². The molecule has 0 aromatic rings. The van der Waals surface area contributed by atoms with Crippen molar-refractivity contribution in [3.8, 4) is 0 Å². The van der Waals surface area contributed by atoms with Crippen LogP contribution in [0.2, 0.25) is 0 Å². The summed E-state index contributed by atoms with van der Waals surface area (Å²) in [4.78, 5) is 14.0. The highest BCUT2D eigenvalue weighted by molar-refractivity contribution is 5.77. The van der Waals surface area contributed by atoms with Crippen molar-refractivity contribution in [1.29, 1.82) is 0 Å². The lowest BCUT2D eigenvalue weighted by molar-refractivity contribution is -0.131. The Morgan fingerprint density at radius 1 is 1.24 bits per heavy atom. The second-order valence-electron chi connectivity index (χ2n) is 5.83. The van der Waals surface area contributed by atoms with Gasteiger partial charge in [0.2, 0.25) is 5.91 Å². The van der Waals surface area contributed by atoms with Crippen molar-refractivity contribution >= 4 is 5.91 Å². The number of likely N-dealkylation sites (tertiary alicyclic amines) is 1. The van der Waals surface area contributed by atoms with Crippen molar-refractivity contribution < 1.29 is 4.79 Å². The third-order valence-electron chi connectivity index (χ3n) is 4.60. The predicted octanol–water partition coefficient (Wildman–Crippen LogP) is 2.15. The maximum atomic E-state index is 11.9. The quantitative estimate of drug-likeness (QED) is 0.819. The second-order valence-corrected chi connectivity index (χ2v) is 5.83. The Morgan fingerprint density at radius 2 is 1.94 bits per heavy atom. The molecule has 1 aliphatic carbocycles. The molecule has 0 radical (unpaired) electrons. The SMILES string of the molecule is CC1CC(C2CCCCC2)CN1C(=O)CCN. The molecule has 3 heteroatoms. The van der Waals surface area contributed by atoms with Crippen molar-refractivity contribution in [3.05, 3.63) is 0 Å². The van der Waals surface area contributed by atoms with E-state index in [0.29, 0.717) is 19.0 Å². The minimum absolute atomic E-state index is 0.262. The first-order valence-corrected chi connectivity index (χ1v) is 7.22. The number of nitrogens with two attached hydrogens (primary N) is 1. The average molecular weight is 238 g/mol. The summed E-state index contributed by atoms with van der Waals surface area (Å²) in [6.07, 6.45) is 8.70. The van der Waals surface area contributed by atoms with Crippen LogP contribution in [0.3, 0.4) is 0 Å². The van der Waals surface area contributed by atoms with Gasteiger partial charge in [-0.1, -0.05) is 32.1 Å². The Kier molecular flexibility index (Phi) is 4.43. The van der Waals surface area contributed by atoms with Crippen LogP contribution in [0, 0.1) is 11.8 Å². The van der Waals surface area contributed by atoms with Crippen molar-refractivity contribution in [2.75, 3.05) is 13.1 Å². The zero-order valence-corrected chi connectivity index (χ0v) is 11.0. The maximum Gasteiger partial charge on any atom is 0.224 e. The Morgan fingerprint density at radius 3 is 2.59 bits per heavy atom. The van der Waals surface area contributed by atoms with E-state index in [2.05, 4.69) is 11.8 Å². The van der Waals surface area contributed by atoms with Gasteiger partial charge in [-0.25, -0.2) is 0 Å². The molecule has 2 N–H and O–H groups in total. The molecule has 2 fully saturated rings. The van der Waals surface area contributed by atoms with Crippen LogP contribution in [0.25, 0.3) is 0 Å². The van der Waals surface area contributed by atoms with E-state index in [1.807, 2.05) is 0 Å². The highest BCUT2D eigenvalue weighted by Gasteiger charge is 2.36. The van der Waals surface area contributed by atoms with Crippen molar-refractivity contribution in [3.63, 3.8) is 0 Å². The molecular formula is C14H26N2O. The lowest BCUT2D eigenvalue weighted by atomic mass is 9.79. The van der Waals surface area contributed by atoms with Gasteiger partial charge in [0.25, 0.3) is 0 Å². The van der Waals surface area contributed by atoms with Gasteiger partial charge in [-0.3, -0.25) is 4.79 Å². The second kappa shape index (κ2) is 5.85. The molecule has 1 saturated heterocycles. The van der Waals surface area contributed by atoms with Crippen molar-refractivity contribution in [2.45, 2.75) is 57.9 Å². The molecule has 17 heavy (non-hydrogen) atoms. The Bertz CT molecular complexity index is 261. The fourth-order valence-electron chi connectivity index (χ4n) is 3.63. The molecule has 1 amide bonds. The van der Waals surface area contributed by atoms with Gasteiger partial charge in [0.05, 0.1) is 0 Å². The lowest BCUT2D eigenvalue weighted by Crippen LogP contribution is -2.35. The molecule has 1 aliphatic heterocycles. The van der Waals surface area contributed by atoms with Gasteiger partial charge in [0.1, 0.15) is 0 Å². The van der Waals surface area contributed by atoms with Gasteiger partial charge in [-0.05, 0) is 25.2 Å².